The molecule has 128 valence electrons. The Bertz CT molecular complexity index is 663. The van der Waals surface area contributed by atoms with Gasteiger partial charge in [0, 0.05) is 57.6 Å². The summed E-state index contributed by atoms with van der Waals surface area (Å²) < 4.78 is 14.9. The topological polar surface area (TPSA) is 73.9 Å². The molecule has 0 aromatic carbocycles. The van der Waals surface area contributed by atoms with Crippen molar-refractivity contribution in [1.82, 2.24) is 25.2 Å². The van der Waals surface area contributed by atoms with E-state index in [0.717, 1.165) is 11.3 Å². The first-order valence-electron chi connectivity index (χ1n) is 8.16. The van der Waals surface area contributed by atoms with E-state index in [9.17, 15) is 9.18 Å². The van der Waals surface area contributed by atoms with Crippen LogP contribution in [-0.4, -0.2) is 51.1 Å². The number of amides is 1. The number of imidazole rings is 1. The number of aromatic nitrogens is 3. The first kappa shape index (κ1) is 16.6. The van der Waals surface area contributed by atoms with Crippen LogP contribution in [0.1, 0.15) is 34.7 Å². The number of likely N-dealkylation sites (tertiary alicyclic amines) is 1. The third kappa shape index (κ3) is 3.97. The van der Waals surface area contributed by atoms with Crippen molar-refractivity contribution < 1.29 is 9.18 Å². The Morgan fingerprint density at radius 2 is 2.17 bits per heavy atom. The molecule has 1 amide bonds. The molecular formula is C17H22FN5O. The van der Waals surface area contributed by atoms with Crippen molar-refractivity contribution in [3.8, 4) is 0 Å². The summed E-state index contributed by atoms with van der Waals surface area (Å²) in [6.07, 6.45) is 5.61. The molecule has 0 spiro atoms. The van der Waals surface area contributed by atoms with E-state index in [1.54, 1.807) is 23.5 Å². The molecule has 24 heavy (non-hydrogen) atoms. The molecule has 0 unspecified atom stereocenters. The Morgan fingerprint density at radius 1 is 1.38 bits per heavy atom. The van der Waals surface area contributed by atoms with E-state index in [0.29, 0.717) is 38.3 Å². The SMILES string of the molecule is Cc1ccc(CNCC2(F)CCN(C(=O)c3ncc[nH]3)CC2)nc1. The normalized spacial score (nSPS) is 17.0. The van der Waals surface area contributed by atoms with Gasteiger partial charge < -0.3 is 15.2 Å². The second-order valence-electron chi connectivity index (χ2n) is 6.31. The minimum atomic E-state index is -1.29. The summed E-state index contributed by atoms with van der Waals surface area (Å²) in [5, 5.41) is 3.14. The predicted molar refractivity (Wildman–Crippen MR) is 88.2 cm³/mol. The van der Waals surface area contributed by atoms with Crippen LogP contribution in [0.2, 0.25) is 0 Å². The number of carbonyl (C=O) groups is 1. The zero-order valence-corrected chi connectivity index (χ0v) is 13.8. The Morgan fingerprint density at radius 3 is 2.79 bits per heavy atom. The van der Waals surface area contributed by atoms with Gasteiger partial charge in [-0.25, -0.2) is 9.37 Å². The number of rotatable bonds is 5. The van der Waals surface area contributed by atoms with Crippen molar-refractivity contribution in [3.63, 3.8) is 0 Å². The molecule has 0 bridgehead atoms. The highest BCUT2D eigenvalue weighted by molar-refractivity contribution is 5.90. The van der Waals surface area contributed by atoms with Crippen molar-refractivity contribution >= 4 is 5.91 Å². The van der Waals surface area contributed by atoms with E-state index in [1.807, 2.05) is 19.1 Å². The molecule has 2 aromatic rings. The first-order chi connectivity index (χ1) is 11.6. The Labute approximate surface area is 140 Å². The smallest absolute Gasteiger partial charge is 0.289 e. The summed E-state index contributed by atoms with van der Waals surface area (Å²) >= 11 is 0. The fourth-order valence-electron chi connectivity index (χ4n) is 2.84. The van der Waals surface area contributed by atoms with E-state index >= 15 is 0 Å². The number of nitrogens with zero attached hydrogens (tertiary/aromatic N) is 3. The van der Waals surface area contributed by atoms with Gasteiger partial charge in [0.1, 0.15) is 5.67 Å². The van der Waals surface area contributed by atoms with Crippen LogP contribution in [0.3, 0.4) is 0 Å². The second kappa shape index (κ2) is 7.09. The molecule has 2 N–H and O–H groups in total. The van der Waals surface area contributed by atoms with Crippen LogP contribution >= 0.6 is 0 Å². The fourth-order valence-corrected chi connectivity index (χ4v) is 2.84. The lowest BCUT2D eigenvalue weighted by molar-refractivity contribution is 0.0426. The quantitative estimate of drug-likeness (QED) is 0.877. The highest BCUT2D eigenvalue weighted by Crippen LogP contribution is 2.26. The minimum absolute atomic E-state index is 0.168. The molecule has 0 atom stereocenters. The van der Waals surface area contributed by atoms with Gasteiger partial charge in [0.25, 0.3) is 5.91 Å². The van der Waals surface area contributed by atoms with Crippen molar-refractivity contribution in [2.45, 2.75) is 32.0 Å². The number of hydrogen-bond acceptors (Lipinski definition) is 4. The molecule has 0 saturated carbocycles. The number of piperidine rings is 1. The predicted octanol–water partition coefficient (Wildman–Crippen LogP) is 1.85. The Hall–Kier alpha value is -2.28. The highest BCUT2D eigenvalue weighted by atomic mass is 19.1. The molecule has 2 aromatic heterocycles. The number of alkyl halides is 1. The number of nitrogens with one attached hydrogen (secondary N) is 2. The largest absolute Gasteiger partial charge is 0.341 e. The molecular weight excluding hydrogens is 309 g/mol. The molecule has 0 radical (unpaired) electrons. The van der Waals surface area contributed by atoms with Gasteiger partial charge in [-0.1, -0.05) is 6.07 Å². The number of pyridine rings is 1. The van der Waals surface area contributed by atoms with Gasteiger partial charge >= 0.3 is 0 Å². The number of aromatic amines is 1. The summed E-state index contributed by atoms with van der Waals surface area (Å²) in [4.78, 5) is 24.9. The Balaban J connectivity index is 1.46. The van der Waals surface area contributed by atoms with E-state index in [2.05, 4.69) is 20.3 Å². The molecule has 1 saturated heterocycles. The van der Waals surface area contributed by atoms with Crippen molar-refractivity contribution in [1.29, 1.82) is 0 Å². The maximum absolute atomic E-state index is 14.9. The maximum Gasteiger partial charge on any atom is 0.289 e. The number of hydrogen-bond donors (Lipinski definition) is 2. The number of H-pyrrole nitrogens is 1. The lowest BCUT2D eigenvalue weighted by Gasteiger charge is -2.36. The molecule has 6 nitrogen and oxygen atoms in total. The van der Waals surface area contributed by atoms with Gasteiger partial charge in [-0.2, -0.15) is 0 Å². The molecule has 0 aliphatic carbocycles. The van der Waals surface area contributed by atoms with E-state index in [4.69, 9.17) is 0 Å². The standard InChI is InChI=1S/C17H22FN5O/c1-13-2-3-14(22-10-13)11-19-12-17(18)4-8-23(9-5-17)16(24)15-20-6-7-21-15/h2-3,6-7,10,19H,4-5,8-9,11-12H2,1H3,(H,20,21). The average Bonchev–Trinajstić information content (AvgIpc) is 3.11. The minimum Gasteiger partial charge on any atom is -0.341 e. The summed E-state index contributed by atoms with van der Waals surface area (Å²) in [5.74, 6) is 0.142. The van der Waals surface area contributed by atoms with Crippen LogP contribution in [0.25, 0.3) is 0 Å². The summed E-state index contributed by atoms with van der Waals surface area (Å²) in [5.41, 5.74) is 0.717. The Kier molecular flexibility index (Phi) is 4.89. The first-order valence-corrected chi connectivity index (χ1v) is 8.16. The number of aryl methyl sites for hydroxylation is 1. The van der Waals surface area contributed by atoms with E-state index in [1.165, 1.54) is 0 Å². The zero-order chi connectivity index (χ0) is 17.0. The molecule has 3 heterocycles. The van der Waals surface area contributed by atoms with Crippen LogP contribution in [0.4, 0.5) is 4.39 Å². The monoisotopic (exact) mass is 331 g/mol. The number of halogens is 1. The summed E-state index contributed by atoms with van der Waals surface area (Å²) in [6, 6.07) is 3.94. The lowest BCUT2D eigenvalue weighted by atomic mass is 9.93. The van der Waals surface area contributed by atoms with Gasteiger partial charge in [0.15, 0.2) is 5.82 Å². The maximum atomic E-state index is 14.9. The van der Waals surface area contributed by atoms with Crippen LogP contribution in [0.5, 0.6) is 0 Å². The van der Waals surface area contributed by atoms with Gasteiger partial charge in [0.05, 0.1) is 5.69 Å². The van der Waals surface area contributed by atoms with Crippen molar-refractivity contribution in [2.75, 3.05) is 19.6 Å². The van der Waals surface area contributed by atoms with Crippen LogP contribution in [0.15, 0.2) is 30.7 Å². The molecule has 1 fully saturated rings. The second-order valence-corrected chi connectivity index (χ2v) is 6.31. The summed E-state index contributed by atoms with van der Waals surface area (Å²) in [6.45, 7) is 3.60. The van der Waals surface area contributed by atoms with Crippen LogP contribution in [-0.2, 0) is 6.54 Å². The molecule has 7 heteroatoms. The average molecular weight is 331 g/mol. The van der Waals surface area contributed by atoms with E-state index in [-0.39, 0.29) is 12.5 Å². The van der Waals surface area contributed by atoms with Crippen molar-refractivity contribution in [3.05, 3.63) is 47.8 Å². The summed E-state index contributed by atoms with van der Waals surface area (Å²) in [7, 11) is 0. The number of carbonyl (C=O) groups excluding carboxylic acids is 1. The molecule has 1 aliphatic rings. The van der Waals surface area contributed by atoms with Crippen LogP contribution < -0.4 is 5.32 Å². The third-order valence-electron chi connectivity index (χ3n) is 4.37. The lowest BCUT2D eigenvalue weighted by Crippen LogP contribution is -2.49. The fraction of sp³-hybridized carbons (Fsp3) is 0.471. The third-order valence-corrected chi connectivity index (χ3v) is 4.37. The van der Waals surface area contributed by atoms with Crippen molar-refractivity contribution in [2.24, 2.45) is 0 Å². The highest BCUT2D eigenvalue weighted by Gasteiger charge is 2.36. The van der Waals surface area contributed by atoms with Gasteiger partial charge in [-0.3, -0.25) is 9.78 Å². The van der Waals surface area contributed by atoms with Gasteiger partial charge in [-0.05, 0) is 18.6 Å². The molecule has 3 rings (SSSR count). The van der Waals surface area contributed by atoms with Gasteiger partial charge in [0.2, 0.25) is 0 Å². The van der Waals surface area contributed by atoms with E-state index < -0.39 is 5.67 Å². The molecule has 1 aliphatic heterocycles. The zero-order valence-electron chi connectivity index (χ0n) is 13.8. The van der Waals surface area contributed by atoms with Crippen LogP contribution in [0, 0.1) is 6.92 Å². The van der Waals surface area contributed by atoms with Gasteiger partial charge in [-0.15, -0.1) is 0 Å².